The van der Waals surface area contributed by atoms with Crippen LogP contribution in [-0.2, 0) is 9.84 Å². The molecular weight excluding hydrogens is 198 g/mol. The summed E-state index contributed by atoms with van der Waals surface area (Å²) in [4.78, 5) is 0. The summed E-state index contributed by atoms with van der Waals surface area (Å²) in [7, 11) is -3.03. The SMILES string of the molecule is CCCCCS(=O)(=O)C(N)CCCC. The lowest BCUT2D eigenvalue weighted by molar-refractivity contribution is 0.562. The summed E-state index contributed by atoms with van der Waals surface area (Å²) in [6, 6.07) is 0. The second kappa shape index (κ2) is 7.23. The van der Waals surface area contributed by atoms with E-state index in [4.69, 9.17) is 5.73 Å². The highest BCUT2D eigenvalue weighted by atomic mass is 32.2. The third-order valence-corrected chi connectivity index (χ3v) is 4.35. The predicted molar refractivity (Wildman–Crippen MR) is 60.8 cm³/mol. The van der Waals surface area contributed by atoms with Crippen LogP contribution in [0.2, 0.25) is 0 Å². The Morgan fingerprint density at radius 2 is 1.64 bits per heavy atom. The fraction of sp³-hybridized carbons (Fsp3) is 1.00. The van der Waals surface area contributed by atoms with Crippen LogP contribution < -0.4 is 5.73 Å². The van der Waals surface area contributed by atoms with Crippen LogP contribution in [0.25, 0.3) is 0 Å². The molecule has 0 fully saturated rings. The van der Waals surface area contributed by atoms with Crippen LogP contribution in [0.15, 0.2) is 0 Å². The van der Waals surface area contributed by atoms with Gasteiger partial charge in [-0.15, -0.1) is 0 Å². The van der Waals surface area contributed by atoms with Crippen LogP contribution in [0, 0.1) is 0 Å². The maximum absolute atomic E-state index is 11.6. The van der Waals surface area contributed by atoms with Gasteiger partial charge in [-0.25, -0.2) is 8.42 Å². The van der Waals surface area contributed by atoms with Crippen molar-refractivity contribution in [2.24, 2.45) is 5.73 Å². The van der Waals surface area contributed by atoms with Crippen LogP contribution >= 0.6 is 0 Å². The van der Waals surface area contributed by atoms with E-state index in [1.807, 2.05) is 6.92 Å². The number of hydrogen-bond donors (Lipinski definition) is 1. The summed E-state index contributed by atoms with van der Waals surface area (Å²) < 4.78 is 23.2. The first kappa shape index (κ1) is 13.9. The summed E-state index contributed by atoms with van der Waals surface area (Å²) in [6.45, 7) is 4.10. The van der Waals surface area contributed by atoms with Crippen LogP contribution in [0.4, 0.5) is 0 Å². The second-order valence-corrected chi connectivity index (χ2v) is 6.09. The Labute approximate surface area is 88.0 Å². The molecule has 0 rings (SSSR count). The van der Waals surface area contributed by atoms with Gasteiger partial charge in [0.1, 0.15) is 5.37 Å². The van der Waals surface area contributed by atoms with Gasteiger partial charge in [0.2, 0.25) is 0 Å². The Kier molecular flexibility index (Phi) is 7.19. The van der Waals surface area contributed by atoms with E-state index in [9.17, 15) is 8.42 Å². The second-order valence-electron chi connectivity index (χ2n) is 3.75. The third kappa shape index (κ3) is 5.60. The number of sulfone groups is 1. The number of rotatable bonds is 8. The van der Waals surface area contributed by atoms with E-state index >= 15 is 0 Å². The molecule has 0 aromatic carbocycles. The Morgan fingerprint density at radius 1 is 1.07 bits per heavy atom. The van der Waals surface area contributed by atoms with Gasteiger partial charge >= 0.3 is 0 Å². The zero-order valence-electron chi connectivity index (χ0n) is 9.33. The average molecular weight is 221 g/mol. The molecule has 0 aliphatic rings. The molecule has 0 heterocycles. The highest BCUT2D eigenvalue weighted by Gasteiger charge is 2.19. The molecule has 0 saturated heterocycles. The molecule has 0 aliphatic heterocycles. The van der Waals surface area contributed by atoms with Gasteiger partial charge in [-0.2, -0.15) is 0 Å². The predicted octanol–water partition coefficient (Wildman–Crippen LogP) is 2.07. The Hall–Kier alpha value is -0.0900. The molecule has 4 heteroatoms. The normalized spacial score (nSPS) is 14.2. The van der Waals surface area contributed by atoms with Gasteiger partial charge in [-0.1, -0.05) is 39.5 Å². The smallest absolute Gasteiger partial charge is 0.165 e. The standard InChI is InChI=1S/C10H23NO2S/c1-3-5-7-9-14(12,13)10(11)8-6-4-2/h10H,3-9,11H2,1-2H3. The first-order valence-corrected chi connectivity index (χ1v) is 7.23. The van der Waals surface area contributed by atoms with Gasteiger partial charge in [-0.05, 0) is 12.8 Å². The van der Waals surface area contributed by atoms with Crippen molar-refractivity contribution >= 4 is 9.84 Å². The minimum Gasteiger partial charge on any atom is -0.315 e. The van der Waals surface area contributed by atoms with Crippen molar-refractivity contribution < 1.29 is 8.42 Å². The first-order chi connectivity index (χ1) is 6.54. The lowest BCUT2D eigenvalue weighted by Crippen LogP contribution is -2.32. The lowest BCUT2D eigenvalue weighted by Gasteiger charge is -2.11. The zero-order valence-corrected chi connectivity index (χ0v) is 10.1. The molecule has 0 aliphatic carbocycles. The van der Waals surface area contributed by atoms with Gasteiger partial charge < -0.3 is 5.73 Å². The minimum atomic E-state index is -3.03. The molecule has 2 N–H and O–H groups in total. The van der Waals surface area contributed by atoms with E-state index in [2.05, 4.69) is 6.92 Å². The average Bonchev–Trinajstić information content (AvgIpc) is 2.14. The molecule has 0 aromatic heterocycles. The largest absolute Gasteiger partial charge is 0.315 e. The molecule has 1 unspecified atom stereocenters. The first-order valence-electron chi connectivity index (χ1n) is 5.51. The quantitative estimate of drug-likeness (QED) is 0.638. The van der Waals surface area contributed by atoms with Crippen molar-refractivity contribution in [1.29, 1.82) is 0 Å². The van der Waals surface area contributed by atoms with Crippen molar-refractivity contribution in [1.82, 2.24) is 0 Å². The van der Waals surface area contributed by atoms with Gasteiger partial charge in [0.25, 0.3) is 0 Å². The summed E-state index contributed by atoms with van der Waals surface area (Å²) in [5, 5.41) is -0.640. The van der Waals surface area contributed by atoms with Crippen LogP contribution in [0.3, 0.4) is 0 Å². The van der Waals surface area contributed by atoms with E-state index in [1.54, 1.807) is 0 Å². The molecule has 86 valence electrons. The van der Waals surface area contributed by atoms with Crippen LogP contribution in [-0.4, -0.2) is 19.5 Å². The molecule has 3 nitrogen and oxygen atoms in total. The molecule has 0 radical (unpaired) electrons. The summed E-state index contributed by atoms with van der Waals surface area (Å²) >= 11 is 0. The van der Waals surface area contributed by atoms with E-state index in [-0.39, 0.29) is 5.75 Å². The summed E-state index contributed by atoms with van der Waals surface area (Å²) in [5.41, 5.74) is 5.63. The monoisotopic (exact) mass is 221 g/mol. The highest BCUT2D eigenvalue weighted by Crippen LogP contribution is 2.08. The highest BCUT2D eigenvalue weighted by molar-refractivity contribution is 7.91. The summed E-state index contributed by atoms with van der Waals surface area (Å²) in [6.07, 6.45) is 5.26. The maximum Gasteiger partial charge on any atom is 0.165 e. The number of nitrogens with two attached hydrogens (primary N) is 1. The molecule has 1 atom stereocenters. The lowest BCUT2D eigenvalue weighted by atomic mass is 10.2. The minimum absolute atomic E-state index is 0.256. The fourth-order valence-electron chi connectivity index (χ4n) is 1.29. The van der Waals surface area contributed by atoms with Crippen molar-refractivity contribution in [3.05, 3.63) is 0 Å². The Balaban J connectivity index is 3.91. The summed E-state index contributed by atoms with van der Waals surface area (Å²) in [5.74, 6) is 0.256. The van der Waals surface area contributed by atoms with E-state index in [0.29, 0.717) is 6.42 Å². The van der Waals surface area contributed by atoms with Gasteiger partial charge in [0.15, 0.2) is 9.84 Å². The molecular formula is C10H23NO2S. The molecule has 0 bridgehead atoms. The molecule has 14 heavy (non-hydrogen) atoms. The molecule has 0 spiro atoms. The van der Waals surface area contributed by atoms with Crippen molar-refractivity contribution in [3.8, 4) is 0 Å². The Bertz CT molecular complexity index is 224. The third-order valence-electron chi connectivity index (χ3n) is 2.34. The topological polar surface area (TPSA) is 60.2 Å². The van der Waals surface area contributed by atoms with Crippen molar-refractivity contribution in [2.75, 3.05) is 5.75 Å². The van der Waals surface area contributed by atoms with Crippen LogP contribution in [0.5, 0.6) is 0 Å². The molecule has 0 saturated carbocycles. The van der Waals surface area contributed by atoms with Crippen LogP contribution in [0.1, 0.15) is 52.4 Å². The van der Waals surface area contributed by atoms with E-state index in [1.165, 1.54) is 0 Å². The number of unbranched alkanes of at least 4 members (excludes halogenated alkanes) is 3. The van der Waals surface area contributed by atoms with Gasteiger partial charge in [0, 0.05) is 0 Å². The van der Waals surface area contributed by atoms with E-state index in [0.717, 1.165) is 32.1 Å². The molecule has 0 aromatic rings. The fourth-order valence-corrected chi connectivity index (χ4v) is 2.72. The Morgan fingerprint density at radius 3 is 2.14 bits per heavy atom. The molecule has 0 amide bonds. The van der Waals surface area contributed by atoms with Gasteiger partial charge in [0.05, 0.1) is 5.75 Å². The zero-order chi connectivity index (χ0) is 11.0. The van der Waals surface area contributed by atoms with E-state index < -0.39 is 15.2 Å². The number of hydrogen-bond acceptors (Lipinski definition) is 3. The van der Waals surface area contributed by atoms with Gasteiger partial charge in [-0.3, -0.25) is 0 Å². The van der Waals surface area contributed by atoms with Crippen molar-refractivity contribution in [2.45, 2.75) is 57.7 Å². The van der Waals surface area contributed by atoms with Crippen molar-refractivity contribution in [3.63, 3.8) is 0 Å². The maximum atomic E-state index is 11.6.